The topological polar surface area (TPSA) is 26.3 Å². The quantitative estimate of drug-likeness (QED) is 0.672. The van der Waals surface area contributed by atoms with Crippen molar-refractivity contribution in [2.24, 2.45) is 22.7 Å². The van der Waals surface area contributed by atoms with Crippen LogP contribution in [0.1, 0.15) is 39.5 Å². The van der Waals surface area contributed by atoms with E-state index in [2.05, 4.69) is 38.2 Å². The smallest absolute Gasteiger partial charge is 0.162 e. The van der Waals surface area contributed by atoms with Crippen molar-refractivity contribution in [3.8, 4) is 0 Å². The van der Waals surface area contributed by atoms with Gasteiger partial charge in [0.25, 0.3) is 0 Å². The normalized spacial score (nSPS) is 42.7. The molecule has 22 heavy (non-hydrogen) atoms. The minimum atomic E-state index is -0.196. The van der Waals surface area contributed by atoms with Gasteiger partial charge >= 0.3 is 0 Å². The first-order valence-corrected chi connectivity index (χ1v) is 8.37. The Morgan fingerprint density at radius 2 is 2.09 bits per heavy atom. The van der Waals surface area contributed by atoms with Gasteiger partial charge in [-0.3, -0.25) is 4.79 Å². The molecule has 4 aliphatic carbocycles. The summed E-state index contributed by atoms with van der Waals surface area (Å²) in [6.45, 7) is 4.53. The number of fused-ring (bicyclic) bond motifs is 5. The Hall–Kier alpha value is -1.57. The molecule has 2 nitrogen and oxygen atoms in total. The van der Waals surface area contributed by atoms with E-state index in [1.54, 1.807) is 12.7 Å². The summed E-state index contributed by atoms with van der Waals surface area (Å²) in [6, 6.07) is 0. The first-order chi connectivity index (χ1) is 10.5. The number of allylic oxidation sites excluding steroid dienone is 8. The van der Waals surface area contributed by atoms with E-state index >= 15 is 0 Å². The maximum absolute atomic E-state index is 12.3. The minimum Gasteiger partial charge on any atom is -0.501 e. The highest BCUT2D eigenvalue weighted by atomic mass is 16.5. The molecule has 0 saturated heterocycles. The van der Waals surface area contributed by atoms with Crippen LogP contribution < -0.4 is 0 Å². The highest BCUT2D eigenvalue weighted by Crippen LogP contribution is 2.59. The fraction of sp³-hybridized carbons (Fsp3) is 0.550. The van der Waals surface area contributed by atoms with Gasteiger partial charge in [-0.15, -0.1) is 0 Å². The first-order valence-electron chi connectivity index (χ1n) is 8.37. The second kappa shape index (κ2) is 4.47. The molecule has 2 heteroatoms. The van der Waals surface area contributed by atoms with Crippen molar-refractivity contribution < 1.29 is 9.53 Å². The van der Waals surface area contributed by atoms with Crippen LogP contribution in [0, 0.1) is 22.7 Å². The van der Waals surface area contributed by atoms with Gasteiger partial charge in [-0.05, 0) is 48.8 Å². The largest absolute Gasteiger partial charge is 0.501 e. The van der Waals surface area contributed by atoms with Crippen LogP contribution >= 0.6 is 0 Å². The summed E-state index contributed by atoms with van der Waals surface area (Å²) in [5.41, 5.74) is 2.91. The summed E-state index contributed by atoms with van der Waals surface area (Å²) in [6.07, 6.45) is 15.1. The van der Waals surface area contributed by atoms with Gasteiger partial charge < -0.3 is 4.74 Å². The second-order valence-electron chi connectivity index (χ2n) is 7.68. The highest BCUT2D eigenvalue weighted by molar-refractivity contribution is 5.98. The highest BCUT2D eigenvalue weighted by Gasteiger charge is 2.53. The molecular weight excluding hydrogens is 272 g/mol. The summed E-state index contributed by atoms with van der Waals surface area (Å²) < 4.78 is 5.47. The molecule has 0 heterocycles. The van der Waals surface area contributed by atoms with E-state index in [1.807, 2.05) is 6.08 Å². The van der Waals surface area contributed by atoms with Crippen molar-refractivity contribution in [3.63, 3.8) is 0 Å². The lowest BCUT2D eigenvalue weighted by Gasteiger charge is -2.50. The van der Waals surface area contributed by atoms with Crippen LogP contribution in [0.25, 0.3) is 0 Å². The van der Waals surface area contributed by atoms with Gasteiger partial charge in [0.1, 0.15) is 0 Å². The van der Waals surface area contributed by atoms with Gasteiger partial charge in [0.2, 0.25) is 0 Å². The molecule has 4 atom stereocenters. The molecule has 0 fully saturated rings. The molecule has 0 amide bonds. The molecule has 0 spiro atoms. The number of hydrogen-bond donors (Lipinski definition) is 0. The maximum atomic E-state index is 12.3. The van der Waals surface area contributed by atoms with E-state index < -0.39 is 0 Å². The fourth-order valence-corrected chi connectivity index (χ4v) is 5.08. The lowest BCUT2D eigenvalue weighted by Crippen LogP contribution is -2.43. The molecule has 0 saturated carbocycles. The van der Waals surface area contributed by atoms with E-state index in [0.717, 1.165) is 31.4 Å². The average Bonchev–Trinajstić information content (AvgIpc) is 2.82. The summed E-state index contributed by atoms with van der Waals surface area (Å²) in [7, 11) is 1.76. The van der Waals surface area contributed by atoms with Crippen molar-refractivity contribution in [3.05, 3.63) is 47.3 Å². The van der Waals surface area contributed by atoms with Crippen molar-refractivity contribution >= 4 is 5.78 Å². The zero-order valence-electron chi connectivity index (χ0n) is 13.7. The summed E-state index contributed by atoms with van der Waals surface area (Å²) in [5.74, 6) is 2.28. The Labute approximate surface area is 132 Å². The lowest BCUT2D eigenvalue weighted by molar-refractivity contribution is -0.124. The Morgan fingerprint density at radius 3 is 2.86 bits per heavy atom. The molecular formula is C20H24O2. The van der Waals surface area contributed by atoms with E-state index in [4.69, 9.17) is 4.74 Å². The monoisotopic (exact) mass is 296 g/mol. The molecule has 0 bridgehead atoms. The first kappa shape index (κ1) is 14.0. The van der Waals surface area contributed by atoms with Gasteiger partial charge in [-0.1, -0.05) is 37.6 Å². The van der Waals surface area contributed by atoms with Crippen LogP contribution in [0.3, 0.4) is 0 Å². The zero-order chi connectivity index (χ0) is 15.5. The molecule has 0 aromatic carbocycles. The van der Waals surface area contributed by atoms with Crippen molar-refractivity contribution in [2.75, 3.05) is 7.11 Å². The third-order valence-electron chi connectivity index (χ3n) is 6.65. The van der Waals surface area contributed by atoms with Gasteiger partial charge in [0.15, 0.2) is 5.78 Å². The van der Waals surface area contributed by atoms with Crippen molar-refractivity contribution in [1.82, 2.24) is 0 Å². The van der Waals surface area contributed by atoms with Gasteiger partial charge in [0.05, 0.1) is 12.9 Å². The number of methoxy groups -OCH3 is 1. The zero-order valence-corrected chi connectivity index (χ0v) is 13.7. The van der Waals surface area contributed by atoms with Crippen LogP contribution in [-0.4, -0.2) is 12.9 Å². The van der Waals surface area contributed by atoms with Crippen LogP contribution in [0.5, 0.6) is 0 Å². The van der Waals surface area contributed by atoms with Gasteiger partial charge in [0, 0.05) is 17.3 Å². The van der Waals surface area contributed by atoms with E-state index in [-0.39, 0.29) is 10.8 Å². The molecule has 0 N–H and O–H groups in total. The molecule has 0 aromatic rings. The number of ketones is 1. The Morgan fingerprint density at radius 1 is 1.27 bits per heavy atom. The van der Waals surface area contributed by atoms with Gasteiger partial charge in [-0.2, -0.15) is 0 Å². The fourth-order valence-electron chi connectivity index (χ4n) is 5.08. The Kier molecular flexibility index (Phi) is 2.85. The summed E-state index contributed by atoms with van der Waals surface area (Å²) >= 11 is 0. The predicted octanol–water partition coefficient (Wildman–Crippen LogP) is 4.35. The van der Waals surface area contributed by atoms with E-state index in [0.29, 0.717) is 17.6 Å². The van der Waals surface area contributed by atoms with Gasteiger partial charge in [-0.25, -0.2) is 0 Å². The SMILES string of the molecule is COC1=CC2=CCC3C(=CCC4(C)C(=O)C=CC34)C2(C)CC1. The molecule has 4 unspecified atom stereocenters. The minimum absolute atomic E-state index is 0.131. The maximum Gasteiger partial charge on any atom is 0.162 e. The number of hydrogen-bond acceptors (Lipinski definition) is 2. The van der Waals surface area contributed by atoms with Crippen LogP contribution in [0.2, 0.25) is 0 Å². The van der Waals surface area contributed by atoms with Crippen LogP contribution in [0.15, 0.2) is 47.3 Å². The molecule has 0 radical (unpaired) electrons. The third kappa shape index (κ3) is 1.64. The Balaban J connectivity index is 1.78. The average molecular weight is 296 g/mol. The predicted molar refractivity (Wildman–Crippen MR) is 87.1 cm³/mol. The van der Waals surface area contributed by atoms with Crippen molar-refractivity contribution in [2.45, 2.75) is 39.5 Å². The molecule has 4 rings (SSSR count). The number of carbonyl (C=O) groups is 1. The summed E-state index contributed by atoms with van der Waals surface area (Å²) in [4.78, 5) is 12.3. The number of rotatable bonds is 1. The van der Waals surface area contributed by atoms with Crippen molar-refractivity contribution in [1.29, 1.82) is 0 Å². The lowest BCUT2D eigenvalue weighted by atomic mass is 9.53. The number of ether oxygens (including phenoxy) is 1. The van der Waals surface area contributed by atoms with E-state index in [1.165, 1.54) is 5.57 Å². The molecule has 4 aliphatic rings. The standard InChI is InChI=1S/C20H24O2/c1-19-10-8-14(22-3)12-13(19)4-5-15-16-6-7-18(21)20(16,2)11-9-17(15)19/h4,6-7,9,12,15-16H,5,8,10-11H2,1-3H3. The molecule has 0 aromatic heterocycles. The second-order valence-corrected chi connectivity index (χ2v) is 7.68. The van der Waals surface area contributed by atoms with E-state index in [9.17, 15) is 4.79 Å². The van der Waals surface area contributed by atoms with Crippen LogP contribution in [0.4, 0.5) is 0 Å². The summed E-state index contributed by atoms with van der Waals surface area (Å²) in [5, 5.41) is 0. The number of carbonyl (C=O) groups excluding carboxylic acids is 1. The Bertz CT molecular complexity index is 663. The molecule has 116 valence electrons. The third-order valence-corrected chi connectivity index (χ3v) is 6.65. The molecule has 0 aliphatic heterocycles. The van der Waals surface area contributed by atoms with Crippen LogP contribution in [-0.2, 0) is 9.53 Å².